The van der Waals surface area contributed by atoms with Crippen molar-refractivity contribution in [2.24, 2.45) is 4.99 Å². The van der Waals surface area contributed by atoms with Crippen LogP contribution in [0.25, 0.3) is 12.3 Å². The first kappa shape index (κ1) is 17.7. The minimum atomic E-state index is -0.123. The van der Waals surface area contributed by atoms with E-state index in [0.29, 0.717) is 0 Å². The largest absolute Gasteiger partial charge is 0.321 e. The van der Waals surface area contributed by atoms with Gasteiger partial charge in [0, 0.05) is 27.3 Å². The van der Waals surface area contributed by atoms with Gasteiger partial charge in [0.05, 0.1) is 11.1 Å². The van der Waals surface area contributed by atoms with Crippen LogP contribution in [0, 0.1) is 13.8 Å². The summed E-state index contributed by atoms with van der Waals surface area (Å²) < 4.78 is 1.05. The average Bonchev–Trinajstić information content (AvgIpc) is 2.66. The van der Waals surface area contributed by atoms with Gasteiger partial charge in [-0.05, 0) is 68.0 Å². The smallest absolute Gasteiger partial charge is 0.145 e. The van der Waals surface area contributed by atoms with Gasteiger partial charge in [-0.3, -0.25) is 9.98 Å². The first-order valence-electron chi connectivity index (χ1n) is 8.91. The molecule has 0 bridgehead atoms. The molecule has 0 saturated heterocycles. The summed E-state index contributed by atoms with van der Waals surface area (Å²) in [5, 5.41) is 2.10. The molecule has 1 aliphatic rings. The van der Waals surface area contributed by atoms with E-state index < -0.39 is 0 Å². The lowest BCUT2D eigenvalue weighted by molar-refractivity contribution is 0.796. The maximum Gasteiger partial charge on any atom is 0.145 e. The van der Waals surface area contributed by atoms with Crippen molar-refractivity contribution in [3.05, 3.63) is 98.7 Å². The Balaban J connectivity index is 1.81. The fraction of sp³-hybridized carbons (Fsp3) is 0.130. The number of hydrogen-bond donors (Lipinski definition) is 0. The molecule has 2 heterocycles. The van der Waals surface area contributed by atoms with Gasteiger partial charge in [-0.1, -0.05) is 40.2 Å². The Morgan fingerprint density at radius 2 is 1.85 bits per heavy atom. The molecule has 0 amide bonds. The third-order valence-electron chi connectivity index (χ3n) is 4.57. The molecule has 1 aromatic heterocycles. The lowest BCUT2D eigenvalue weighted by Gasteiger charge is -2.29. The van der Waals surface area contributed by atoms with E-state index in [4.69, 9.17) is 4.99 Å². The predicted octanol–water partition coefficient (Wildman–Crippen LogP) is 4.38. The maximum atomic E-state index is 4.98. The molecule has 4 heteroatoms. The van der Waals surface area contributed by atoms with Crippen molar-refractivity contribution in [3.63, 3.8) is 0 Å². The highest BCUT2D eigenvalue weighted by Crippen LogP contribution is 2.24. The molecule has 1 unspecified atom stereocenters. The number of pyridine rings is 1. The number of anilines is 1. The van der Waals surface area contributed by atoms with Crippen molar-refractivity contribution in [3.8, 4) is 0 Å². The van der Waals surface area contributed by atoms with E-state index in [1.165, 1.54) is 5.56 Å². The van der Waals surface area contributed by atoms with Crippen molar-refractivity contribution in [1.82, 2.24) is 4.98 Å². The fourth-order valence-electron chi connectivity index (χ4n) is 3.22. The highest BCUT2D eigenvalue weighted by Gasteiger charge is 2.18. The minimum absolute atomic E-state index is 0.123. The van der Waals surface area contributed by atoms with Crippen LogP contribution in [0.2, 0.25) is 0 Å². The number of fused-ring (bicyclic) bond motifs is 1. The summed E-state index contributed by atoms with van der Waals surface area (Å²) in [4.78, 5) is 11.8. The Morgan fingerprint density at radius 3 is 2.67 bits per heavy atom. The molecular weight excluding hydrogens is 398 g/mol. The molecule has 27 heavy (non-hydrogen) atoms. The topological polar surface area (TPSA) is 28.5 Å². The molecule has 0 N–H and O–H groups in total. The van der Waals surface area contributed by atoms with Crippen LogP contribution in [0.5, 0.6) is 0 Å². The van der Waals surface area contributed by atoms with Gasteiger partial charge in [0.15, 0.2) is 0 Å². The molecule has 0 spiro atoms. The van der Waals surface area contributed by atoms with Gasteiger partial charge in [-0.2, -0.15) is 0 Å². The molecule has 0 fully saturated rings. The zero-order valence-corrected chi connectivity index (χ0v) is 16.9. The van der Waals surface area contributed by atoms with Crippen LogP contribution in [-0.4, -0.2) is 11.1 Å². The average molecular weight is 418 g/mol. The molecule has 134 valence electrons. The fourth-order valence-corrected chi connectivity index (χ4v) is 3.60. The molecule has 3 nitrogen and oxygen atoms in total. The van der Waals surface area contributed by atoms with Gasteiger partial charge >= 0.3 is 0 Å². The Bertz CT molecular complexity index is 1130. The minimum Gasteiger partial charge on any atom is -0.321 e. The lowest BCUT2D eigenvalue weighted by atomic mass is 10.1. The normalized spacial score (nSPS) is 16.0. The summed E-state index contributed by atoms with van der Waals surface area (Å²) in [6.07, 6.45) is 6.20. The Kier molecular flexibility index (Phi) is 4.90. The monoisotopic (exact) mass is 417 g/mol. The molecule has 0 radical (unpaired) electrons. The summed E-state index contributed by atoms with van der Waals surface area (Å²) in [7, 11) is 0. The molecule has 1 atom stereocenters. The summed E-state index contributed by atoms with van der Waals surface area (Å²) in [6, 6.07) is 20.6. The van der Waals surface area contributed by atoms with Crippen molar-refractivity contribution in [2.45, 2.75) is 20.0 Å². The van der Waals surface area contributed by atoms with Crippen molar-refractivity contribution in [2.75, 3.05) is 4.90 Å². The summed E-state index contributed by atoms with van der Waals surface area (Å²) >= 11 is 3.56. The number of aryl methyl sites for hydroxylation is 2. The highest BCUT2D eigenvalue weighted by molar-refractivity contribution is 9.10. The van der Waals surface area contributed by atoms with Crippen molar-refractivity contribution in [1.29, 1.82) is 0 Å². The molecular formula is C23H20BrN3. The van der Waals surface area contributed by atoms with Crippen LogP contribution >= 0.6 is 15.9 Å². The van der Waals surface area contributed by atoms with E-state index in [-0.39, 0.29) is 6.17 Å². The summed E-state index contributed by atoms with van der Waals surface area (Å²) in [5.41, 5.74) is 4.32. The summed E-state index contributed by atoms with van der Waals surface area (Å²) in [5.74, 6) is 0. The molecule has 3 aromatic rings. The third kappa shape index (κ3) is 3.86. The summed E-state index contributed by atoms with van der Waals surface area (Å²) in [6.45, 7) is 4.13. The number of nitrogens with zero attached hydrogens (tertiary/aromatic N) is 3. The Morgan fingerprint density at radius 1 is 1.00 bits per heavy atom. The quantitative estimate of drug-likeness (QED) is 0.632. The lowest BCUT2D eigenvalue weighted by Crippen LogP contribution is -2.41. The first-order chi connectivity index (χ1) is 13.1. The highest BCUT2D eigenvalue weighted by atomic mass is 79.9. The van der Waals surface area contributed by atoms with Gasteiger partial charge in [-0.25, -0.2) is 0 Å². The standard InChI is InChI=1S/C23H20BrN3/c1-16-6-3-4-9-22(16)27-15-18-14-19(24)10-12-21(18)26-23(27)13-11-20-8-5-7-17(2)25-20/h3-15,23H,1-2H3. The van der Waals surface area contributed by atoms with Crippen LogP contribution in [0.3, 0.4) is 0 Å². The van der Waals surface area contributed by atoms with Gasteiger partial charge in [0.2, 0.25) is 0 Å². The SMILES string of the molecule is Cc1cccc(C=CC2N=c3ccc(Br)cc3=CN2c2ccccc2C)n1. The van der Waals surface area contributed by atoms with E-state index >= 15 is 0 Å². The number of rotatable bonds is 3. The molecule has 0 saturated carbocycles. The second-order valence-corrected chi connectivity index (χ2v) is 7.55. The number of para-hydroxylation sites is 1. The third-order valence-corrected chi connectivity index (χ3v) is 5.06. The Labute approximate surface area is 167 Å². The van der Waals surface area contributed by atoms with Crippen LogP contribution in [-0.2, 0) is 0 Å². The second kappa shape index (κ2) is 7.49. The van der Waals surface area contributed by atoms with Gasteiger partial charge in [-0.15, -0.1) is 0 Å². The van der Waals surface area contributed by atoms with E-state index in [2.05, 4.69) is 81.4 Å². The molecule has 0 aliphatic carbocycles. The zero-order valence-electron chi connectivity index (χ0n) is 15.3. The van der Waals surface area contributed by atoms with Crippen LogP contribution in [0.4, 0.5) is 5.69 Å². The second-order valence-electron chi connectivity index (χ2n) is 6.63. The zero-order chi connectivity index (χ0) is 18.8. The van der Waals surface area contributed by atoms with Gasteiger partial charge < -0.3 is 4.90 Å². The molecule has 2 aromatic carbocycles. The number of hydrogen-bond acceptors (Lipinski definition) is 3. The van der Waals surface area contributed by atoms with E-state index in [0.717, 1.165) is 32.1 Å². The van der Waals surface area contributed by atoms with Crippen LogP contribution < -0.4 is 15.5 Å². The van der Waals surface area contributed by atoms with Crippen LogP contribution in [0.15, 0.2) is 76.2 Å². The van der Waals surface area contributed by atoms with E-state index in [1.54, 1.807) is 0 Å². The number of aromatic nitrogens is 1. The van der Waals surface area contributed by atoms with Crippen molar-refractivity contribution >= 4 is 33.9 Å². The maximum absolute atomic E-state index is 4.98. The number of benzene rings is 2. The van der Waals surface area contributed by atoms with E-state index in [9.17, 15) is 0 Å². The predicted molar refractivity (Wildman–Crippen MR) is 115 cm³/mol. The molecule has 1 aliphatic heterocycles. The van der Waals surface area contributed by atoms with E-state index in [1.807, 2.05) is 37.3 Å². The number of halogens is 1. The van der Waals surface area contributed by atoms with Crippen molar-refractivity contribution < 1.29 is 0 Å². The van der Waals surface area contributed by atoms with Crippen LogP contribution in [0.1, 0.15) is 17.0 Å². The van der Waals surface area contributed by atoms with Gasteiger partial charge in [0.1, 0.15) is 6.17 Å². The molecule has 4 rings (SSSR count). The van der Waals surface area contributed by atoms with Gasteiger partial charge in [0.25, 0.3) is 0 Å². The Hall–Kier alpha value is -2.72. The first-order valence-corrected chi connectivity index (χ1v) is 9.70.